The standard InChI is InChI=1S/C59H73N3O2/c1-9-40-61-52-25-17-15-23-50(52)58(5,6)55(61)38-32-46-21-19-22-47(33-39-56-59(7,8)51-24-16-18-26-53(51)62(56)41-10-2)57(46)64-49-36-34-48(35-37-49)60-42-45-30-28-44(29-31-45)20-13-11-12-14-27-54(63)43(3)4/h15-18,23-26,28-39,55,60H,3,9-14,19-22,27,40-42H2,1-2,4-8H3/b38-32+,47-33+,56-39+. The zero-order valence-electron chi connectivity index (χ0n) is 39.9. The van der Waals surface area contributed by atoms with E-state index in [-0.39, 0.29) is 22.7 Å². The maximum absolute atomic E-state index is 11.8. The molecular weight excluding hydrogens is 783 g/mol. The number of hydrogen-bond donors (Lipinski definition) is 1. The summed E-state index contributed by atoms with van der Waals surface area (Å²) >= 11 is 0. The highest BCUT2D eigenvalue weighted by atomic mass is 16.5. The summed E-state index contributed by atoms with van der Waals surface area (Å²) in [5, 5.41) is 3.63. The quantitative estimate of drug-likeness (QED) is 0.0709. The predicted molar refractivity (Wildman–Crippen MR) is 272 cm³/mol. The third-order valence-electron chi connectivity index (χ3n) is 13.8. The van der Waals surface area contributed by atoms with Gasteiger partial charge in [0.05, 0.1) is 6.04 Å². The highest BCUT2D eigenvalue weighted by molar-refractivity contribution is 5.94. The van der Waals surface area contributed by atoms with Crippen LogP contribution < -0.4 is 19.9 Å². The number of nitrogens with zero attached hydrogens (tertiary/aromatic N) is 2. The summed E-state index contributed by atoms with van der Waals surface area (Å²) in [5.74, 6) is 2.03. The van der Waals surface area contributed by atoms with Crippen molar-refractivity contribution in [1.29, 1.82) is 0 Å². The molecule has 4 aromatic carbocycles. The number of Topliss-reactive ketones (excluding diaryl/α,β-unsaturated/α-hetero) is 1. The molecule has 4 aromatic rings. The normalized spacial score (nSPS) is 18.8. The number of carbonyl (C=O) groups is 1. The molecule has 1 aliphatic carbocycles. The number of unbranched alkanes of at least 4 members (excludes halogenated alkanes) is 3. The molecule has 2 aliphatic heterocycles. The van der Waals surface area contributed by atoms with Crippen LogP contribution in [0.3, 0.4) is 0 Å². The Balaban J connectivity index is 1.09. The largest absolute Gasteiger partial charge is 0.457 e. The van der Waals surface area contributed by atoms with Gasteiger partial charge in [0, 0.05) is 59.6 Å². The second-order valence-corrected chi connectivity index (χ2v) is 19.4. The Morgan fingerprint density at radius 3 is 2.17 bits per heavy atom. The number of rotatable bonds is 20. The molecule has 5 heteroatoms. The minimum Gasteiger partial charge on any atom is -0.457 e. The number of anilines is 3. The molecule has 0 bridgehead atoms. The van der Waals surface area contributed by atoms with Gasteiger partial charge in [-0.05, 0) is 140 Å². The van der Waals surface area contributed by atoms with Crippen molar-refractivity contribution in [2.75, 3.05) is 28.2 Å². The Morgan fingerprint density at radius 2 is 1.45 bits per heavy atom. The van der Waals surface area contributed by atoms with Crippen molar-refractivity contribution >= 4 is 22.8 Å². The summed E-state index contributed by atoms with van der Waals surface area (Å²) in [6.07, 6.45) is 20.9. The lowest BCUT2D eigenvalue weighted by molar-refractivity contribution is -0.115. The number of nitrogens with one attached hydrogen (secondary N) is 1. The molecular formula is C59H73N3O2. The van der Waals surface area contributed by atoms with E-state index in [2.05, 4.69) is 185 Å². The van der Waals surface area contributed by atoms with E-state index in [4.69, 9.17) is 4.74 Å². The lowest BCUT2D eigenvalue weighted by atomic mass is 9.80. The molecule has 0 aromatic heterocycles. The summed E-state index contributed by atoms with van der Waals surface area (Å²) < 4.78 is 7.05. The van der Waals surface area contributed by atoms with Crippen LogP contribution in [-0.4, -0.2) is 24.9 Å². The highest BCUT2D eigenvalue weighted by Crippen LogP contribution is 2.49. The summed E-state index contributed by atoms with van der Waals surface area (Å²) in [5.41, 5.74) is 13.6. The first kappa shape index (κ1) is 46.4. The maximum Gasteiger partial charge on any atom is 0.157 e. The number of carbonyl (C=O) groups excluding carboxylic acids is 1. The van der Waals surface area contributed by atoms with E-state index in [1.54, 1.807) is 6.92 Å². The lowest BCUT2D eigenvalue weighted by Crippen LogP contribution is -2.40. The van der Waals surface area contributed by atoms with Gasteiger partial charge < -0.3 is 19.9 Å². The van der Waals surface area contributed by atoms with Gasteiger partial charge in [-0.1, -0.05) is 140 Å². The molecule has 1 N–H and O–H groups in total. The monoisotopic (exact) mass is 856 g/mol. The van der Waals surface area contributed by atoms with Gasteiger partial charge in [0.25, 0.3) is 0 Å². The molecule has 0 amide bonds. The number of benzene rings is 4. The Hall–Kier alpha value is -5.55. The molecule has 5 nitrogen and oxygen atoms in total. The Labute approximate surface area is 385 Å². The zero-order valence-corrected chi connectivity index (χ0v) is 39.9. The van der Waals surface area contributed by atoms with Crippen LogP contribution in [0.15, 0.2) is 156 Å². The number of fused-ring (bicyclic) bond motifs is 2. The van der Waals surface area contributed by atoms with Crippen LogP contribution in [0, 0.1) is 0 Å². The number of ether oxygens (including phenoxy) is 1. The van der Waals surface area contributed by atoms with Gasteiger partial charge in [0.2, 0.25) is 0 Å². The SMILES string of the molecule is C=C(C)C(=O)CCCCCCc1ccc(CNc2ccc(OC3=C(/C=C/C4N(CCC)c5ccccc5C4(C)C)CCC/C3=C\C=C3\N(CCC)c4ccccc4C3(C)C)cc2)cc1. The second-order valence-electron chi connectivity index (χ2n) is 19.4. The molecule has 1 unspecified atom stereocenters. The first-order valence-electron chi connectivity index (χ1n) is 24.3. The average molecular weight is 856 g/mol. The molecule has 0 spiro atoms. The summed E-state index contributed by atoms with van der Waals surface area (Å²) in [6, 6.07) is 35.6. The van der Waals surface area contributed by atoms with Gasteiger partial charge in [0.15, 0.2) is 5.78 Å². The Kier molecular flexibility index (Phi) is 15.2. The van der Waals surface area contributed by atoms with E-state index < -0.39 is 0 Å². The van der Waals surface area contributed by atoms with Crippen LogP contribution in [0.1, 0.15) is 135 Å². The fourth-order valence-electron chi connectivity index (χ4n) is 10.1. The topological polar surface area (TPSA) is 44.8 Å². The van der Waals surface area contributed by atoms with Crippen LogP contribution in [-0.2, 0) is 28.6 Å². The van der Waals surface area contributed by atoms with E-state index in [1.807, 2.05) is 0 Å². The number of allylic oxidation sites excluding steroid dienone is 7. The molecule has 0 saturated heterocycles. The molecule has 3 aliphatic rings. The lowest BCUT2D eigenvalue weighted by Gasteiger charge is -2.32. The van der Waals surface area contributed by atoms with Gasteiger partial charge in [-0.15, -0.1) is 0 Å². The number of para-hydroxylation sites is 2. The first-order valence-corrected chi connectivity index (χ1v) is 24.3. The minimum absolute atomic E-state index is 0.0208. The Bertz CT molecular complexity index is 2380. The summed E-state index contributed by atoms with van der Waals surface area (Å²) in [7, 11) is 0. The minimum atomic E-state index is -0.101. The van der Waals surface area contributed by atoms with Crippen molar-refractivity contribution in [3.8, 4) is 5.75 Å². The van der Waals surface area contributed by atoms with E-state index in [0.717, 1.165) is 101 Å². The molecule has 2 heterocycles. The van der Waals surface area contributed by atoms with Crippen LogP contribution in [0.2, 0.25) is 0 Å². The second kappa shape index (κ2) is 21.0. The number of aryl methyl sites for hydroxylation is 1. The van der Waals surface area contributed by atoms with E-state index >= 15 is 0 Å². The number of ketones is 1. The van der Waals surface area contributed by atoms with E-state index in [0.29, 0.717) is 12.0 Å². The van der Waals surface area contributed by atoms with Gasteiger partial charge >= 0.3 is 0 Å². The third-order valence-corrected chi connectivity index (χ3v) is 13.8. The van der Waals surface area contributed by atoms with Crippen molar-refractivity contribution in [2.24, 2.45) is 0 Å². The molecule has 1 atom stereocenters. The van der Waals surface area contributed by atoms with Gasteiger partial charge in [-0.2, -0.15) is 0 Å². The van der Waals surface area contributed by atoms with Gasteiger partial charge in [-0.3, -0.25) is 4.79 Å². The van der Waals surface area contributed by atoms with Crippen molar-refractivity contribution in [1.82, 2.24) is 0 Å². The molecule has 336 valence electrons. The average Bonchev–Trinajstić information content (AvgIpc) is 3.64. The van der Waals surface area contributed by atoms with E-state index in [9.17, 15) is 4.79 Å². The molecule has 7 rings (SSSR count). The van der Waals surface area contributed by atoms with Crippen LogP contribution in [0.5, 0.6) is 5.75 Å². The van der Waals surface area contributed by atoms with Crippen molar-refractivity contribution in [2.45, 2.75) is 143 Å². The molecule has 0 fully saturated rings. The highest BCUT2D eigenvalue weighted by Gasteiger charge is 2.43. The third kappa shape index (κ3) is 10.5. The van der Waals surface area contributed by atoms with Crippen LogP contribution >= 0.6 is 0 Å². The first-order chi connectivity index (χ1) is 30.9. The van der Waals surface area contributed by atoms with E-state index in [1.165, 1.54) is 50.5 Å². The van der Waals surface area contributed by atoms with Crippen LogP contribution in [0.25, 0.3) is 0 Å². The fraction of sp³-hybridized carbons (Fsp3) is 0.407. The summed E-state index contributed by atoms with van der Waals surface area (Å²) in [4.78, 5) is 16.9. The molecule has 0 saturated carbocycles. The predicted octanol–water partition coefficient (Wildman–Crippen LogP) is 14.9. The van der Waals surface area contributed by atoms with Gasteiger partial charge in [0.1, 0.15) is 11.5 Å². The van der Waals surface area contributed by atoms with Crippen molar-refractivity contribution < 1.29 is 9.53 Å². The maximum atomic E-state index is 11.8. The zero-order chi connectivity index (χ0) is 45.3. The van der Waals surface area contributed by atoms with Crippen molar-refractivity contribution in [3.63, 3.8) is 0 Å². The van der Waals surface area contributed by atoms with Crippen molar-refractivity contribution in [3.05, 3.63) is 178 Å². The molecule has 64 heavy (non-hydrogen) atoms. The van der Waals surface area contributed by atoms with Gasteiger partial charge in [-0.25, -0.2) is 0 Å². The Morgan fingerprint density at radius 1 is 0.781 bits per heavy atom. The van der Waals surface area contributed by atoms with Crippen LogP contribution in [0.4, 0.5) is 17.1 Å². The summed E-state index contributed by atoms with van der Waals surface area (Å²) in [6.45, 7) is 22.4. The fourth-order valence-corrected chi connectivity index (χ4v) is 10.1. The molecule has 0 radical (unpaired) electrons. The number of hydrogen-bond acceptors (Lipinski definition) is 5. The smallest absolute Gasteiger partial charge is 0.157 e.